The fourth-order valence-corrected chi connectivity index (χ4v) is 1.55. The number of nitro benzene ring substituents is 1. The third kappa shape index (κ3) is 2.95. The van der Waals surface area contributed by atoms with Crippen LogP contribution in [0.5, 0.6) is 5.75 Å². The first-order chi connectivity index (χ1) is 8.66. The van der Waals surface area contributed by atoms with Crippen LogP contribution in [0.4, 0.5) is 5.69 Å². The summed E-state index contributed by atoms with van der Waals surface area (Å²) in [5.74, 6) is 0.386. The zero-order valence-electron chi connectivity index (χ0n) is 9.25. The molecule has 0 saturated carbocycles. The fraction of sp³-hybridized carbons (Fsp3) is 0.0833. The standard InChI is InChI=1S/C12H9ClN2O3/c13-11-5-4-10(7-12(11)15(16)17)18-8-9-3-1-2-6-14-9/h1-7H,8H2. The van der Waals surface area contributed by atoms with Crippen LogP contribution in [0.3, 0.4) is 0 Å². The first kappa shape index (κ1) is 12.3. The number of rotatable bonds is 4. The summed E-state index contributed by atoms with van der Waals surface area (Å²) in [5, 5.41) is 10.8. The molecule has 0 saturated heterocycles. The monoisotopic (exact) mass is 264 g/mol. The zero-order chi connectivity index (χ0) is 13.0. The lowest BCUT2D eigenvalue weighted by molar-refractivity contribution is -0.384. The molecule has 6 heteroatoms. The van der Waals surface area contributed by atoms with Gasteiger partial charge in [0.25, 0.3) is 5.69 Å². The molecule has 0 N–H and O–H groups in total. The minimum atomic E-state index is -0.546. The molecule has 0 aliphatic carbocycles. The molecule has 5 nitrogen and oxygen atoms in total. The Hall–Kier alpha value is -2.14. The molecule has 1 aromatic heterocycles. The molecule has 0 radical (unpaired) electrons. The molecule has 0 bridgehead atoms. The highest BCUT2D eigenvalue weighted by atomic mass is 35.5. The van der Waals surface area contributed by atoms with Crippen LogP contribution in [-0.4, -0.2) is 9.91 Å². The maximum atomic E-state index is 10.7. The van der Waals surface area contributed by atoms with E-state index < -0.39 is 4.92 Å². The van der Waals surface area contributed by atoms with Crippen molar-refractivity contribution in [2.45, 2.75) is 6.61 Å². The number of nitro groups is 1. The predicted octanol–water partition coefficient (Wildman–Crippen LogP) is 3.22. The molecular formula is C12H9ClN2O3. The summed E-state index contributed by atoms with van der Waals surface area (Å²) >= 11 is 5.70. The molecule has 0 spiro atoms. The molecule has 18 heavy (non-hydrogen) atoms. The van der Waals surface area contributed by atoms with E-state index in [4.69, 9.17) is 16.3 Å². The van der Waals surface area contributed by atoms with Crippen LogP contribution in [0, 0.1) is 10.1 Å². The van der Waals surface area contributed by atoms with Crippen molar-refractivity contribution in [2.24, 2.45) is 0 Å². The molecule has 0 atom stereocenters. The van der Waals surface area contributed by atoms with E-state index in [-0.39, 0.29) is 17.3 Å². The van der Waals surface area contributed by atoms with Crippen LogP contribution in [0.1, 0.15) is 5.69 Å². The minimum Gasteiger partial charge on any atom is -0.487 e. The molecule has 0 aliphatic heterocycles. The van der Waals surface area contributed by atoms with Crippen LogP contribution in [0.2, 0.25) is 5.02 Å². The Morgan fingerprint density at radius 1 is 1.33 bits per heavy atom. The lowest BCUT2D eigenvalue weighted by Crippen LogP contribution is -1.98. The van der Waals surface area contributed by atoms with Crippen molar-refractivity contribution < 1.29 is 9.66 Å². The number of ether oxygens (including phenoxy) is 1. The Bertz CT molecular complexity index is 561. The van der Waals surface area contributed by atoms with Gasteiger partial charge in [-0.25, -0.2) is 0 Å². The average molecular weight is 265 g/mol. The van der Waals surface area contributed by atoms with E-state index in [1.54, 1.807) is 18.3 Å². The number of nitrogens with zero attached hydrogens (tertiary/aromatic N) is 2. The Morgan fingerprint density at radius 2 is 2.17 bits per heavy atom. The molecule has 0 amide bonds. The highest BCUT2D eigenvalue weighted by molar-refractivity contribution is 6.32. The van der Waals surface area contributed by atoms with E-state index in [0.717, 1.165) is 5.69 Å². The van der Waals surface area contributed by atoms with Gasteiger partial charge in [0.1, 0.15) is 17.4 Å². The van der Waals surface area contributed by atoms with Crippen molar-refractivity contribution in [1.82, 2.24) is 4.98 Å². The molecule has 2 aromatic rings. The van der Waals surface area contributed by atoms with Crippen molar-refractivity contribution in [2.75, 3.05) is 0 Å². The lowest BCUT2D eigenvalue weighted by atomic mass is 10.3. The summed E-state index contributed by atoms with van der Waals surface area (Å²) in [6.07, 6.45) is 1.66. The smallest absolute Gasteiger partial charge is 0.291 e. The maximum absolute atomic E-state index is 10.7. The van der Waals surface area contributed by atoms with E-state index in [2.05, 4.69) is 4.98 Å². The van der Waals surface area contributed by atoms with Gasteiger partial charge >= 0.3 is 0 Å². The number of halogens is 1. The Labute approximate surface area is 108 Å². The molecule has 1 heterocycles. The second kappa shape index (κ2) is 5.46. The van der Waals surface area contributed by atoms with Crippen LogP contribution in [0.15, 0.2) is 42.6 Å². The highest BCUT2D eigenvalue weighted by Crippen LogP contribution is 2.28. The number of hydrogen-bond acceptors (Lipinski definition) is 4. The second-order valence-electron chi connectivity index (χ2n) is 3.48. The molecular weight excluding hydrogens is 256 g/mol. The van der Waals surface area contributed by atoms with Gasteiger partial charge in [-0.15, -0.1) is 0 Å². The molecule has 92 valence electrons. The molecule has 0 aliphatic rings. The Kier molecular flexibility index (Phi) is 3.74. The first-order valence-electron chi connectivity index (χ1n) is 5.13. The van der Waals surface area contributed by atoms with Gasteiger partial charge in [-0.05, 0) is 24.3 Å². The summed E-state index contributed by atoms with van der Waals surface area (Å²) in [6.45, 7) is 0.250. The van der Waals surface area contributed by atoms with Gasteiger partial charge in [0.2, 0.25) is 0 Å². The van der Waals surface area contributed by atoms with Crippen LogP contribution >= 0.6 is 11.6 Å². The quantitative estimate of drug-likeness (QED) is 0.628. The Morgan fingerprint density at radius 3 is 2.83 bits per heavy atom. The van der Waals surface area contributed by atoms with E-state index >= 15 is 0 Å². The number of pyridine rings is 1. The molecule has 0 unspecified atom stereocenters. The topological polar surface area (TPSA) is 65.3 Å². The van der Waals surface area contributed by atoms with Gasteiger partial charge in [-0.2, -0.15) is 0 Å². The van der Waals surface area contributed by atoms with Crippen molar-refractivity contribution in [1.29, 1.82) is 0 Å². The number of benzene rings is 1. The van der Waals surface area contributed by atoms with Crippen molar-refractivity contribution in [3.63, 3.8) is 0 Å². The summed E-state index contributed by atoms with van der Waals surface area (Å²) < 4.78 is 5.41. The molecule has 1 aromatic carbocycles. The van der Waals surface area contributed by atoms with Crippen molar-refractivity contribution >= 4 is 17.3 Å². The predicted molar refractivity (Wildman–Crippen MR) is 66.7 cm³/mol. The second-order valence-corrected chi connectivity index (χ2v) is 3.89. The van der Waals surface area contributed by atoms with E-state index in [9.17, 15) is 10.1 Å². The van der Waals surface area contributed by atoms with E-state index in [0.29, 0.717) is 5.75 Å². The number of hydrogen-bond donors (Lipinski definition) is 0. The maximum Gasteiger partial charge on any atom is 0.291 e. The summed E-state index contributed by atoms with van der Waals surface area (Å²) in [5.41, 5.74) is 0.574. The van der Waals surface area contributed by atoms with Crippen LogP contribution < -0.4 is 4.74 Å². The molecule has 2 rings (SSSR count). The minimum absolute atomic E-state index is 0.0881. The molecule has 0 fully saturated rings. The van der Waals surface area contributed by atoms with E-state index in [1.807, 2.05) is 12.1 Å². The summed E-state index contributed by atoms with van der Waals surface area (Å²) in [4.78, 5) is 14.2. The summed E-state index contributed by atoms with van der Waals surface area (Å²) in [7, 11) is 0. The number of aromatic nitrogens is 1. The third-order valence-electron chi connectivity index (χ3n) is 2.23. The highest BCUT2D eigenvalue weighted by Gasteiger charge is 2.13. The average Bonchev–Trinajstić information content (AvgIpc) is 2.38. The zero-order valence-corrected chi connectivity index (χ0v) is 10.0. The van der Waals surface area contributed by atoms with Crippen LogP contribution in [-0.2, 0) is 6.61 Å². The SMILES string of the molecule is O=[N+]([O-])c1cc(OCc2ccccn2)ccc1Cl. The van der Waals surface area contributed by atoms with E-state index in [1.165, 1.54) is 12.1 Å². The summed E-state index contributed by atoms with van der Waals surface area (Å²) in [6, 6.07) is 9.77. The van der Waals surface area contributed by atoms with Gasteiger partial charge < -0.3 is 4.74 Å². The largest absolute Gasteiger partial charge is 0.487 e. The van der Waals surface area contributed by atoms with Crippen molar-refractivity contribution in [3.8, 4) is 5.75 Å². The van der Waals surface area contributed by atoms with Gasteiger partial charge in [-0.3, -0.25) is 15.1 Å². The normalized spacial score (nSPS) is 10.1. The van der Waals surface area contributed by atoms with Gasteiger partial charge in [-0.1, -0.05) is 17.7 Å². The fourth-order valence-electron chi connectivity index (χ4n) is 1.36. The third-order valence-corrected chi connectivity index (χ3v) is 2.55. The van der Waals surface area contributed by atoms with Crippen molar-refractivity contribution in [3.05, 3.63) is 63.4 Å². The van der Waals surface area contributed by atoms with Gasteiger partial charge in [0.05, 0.1) is 16.7 Å². The lowest BCUT2D eigenvalue weighted by Gasteiger charge is -2.05. The first-order valence-corrected chi connectivity index (χ1v) is 5.51. The van der Waals surface area contributed by atoms with Gasteiger partial charge in [0, 0.05) is 6.20 Å². The Balaban J connectivity index is 2.11. The van der Waals surface area contributed by atoms with Gasteiger partial charge in [0.15, 0.2) is 0 Å². The van der Waals surface area contributed by atoms with Crippen LogP contribution in [0.25, 0.3) is 0 Å².